The molecule has 1 saturated heterocycles. The summed E-state index contributed by atoms with van der Waals surface area (Å²) in [5, 5.41) is 1.13. The fraction of sp³-hybridized carbons (Fsp3) is 0.455. The van der Waals surface area contributed by atoms with E-state index in [9.17, 15) is 8.42 Å². The summed E-state index contributed by atoms with van der Waals surface area (Å²) < 4.78 is 22.9. The van der Waals surface area contributed by atoms with Gasteiger partial charge in [-0.1, -0.05) is 39.1 Å². The third kappa shape index (κ3) is 3.37. The summed E-state index contributed by atoms with van der Waals surface area (Å²) in [6, 6.07) is 5.30. The molecule has 1 aromatic carbocycles. The van der Waals surface area contributed by atoms with Crippen LogP contribution in [0.4, 0.5) is 0 Å². The molecule has 1 aliphatic rings. The SMILES string of the molecule is O=S1(=O)CCC(C(Br)c2cc(Cl)cc(Cl)c2)C1. The highest BCUT2D eigenvalue weighted by Gasteiger charge is 2.33. The molecule has 0 radical (unpaired) electrons. The monoisotopic (exact) mass is 356 g/mol. The second-order valence-corrected chi connectivity index (χ2v) is 8.36. The second-order valence-electron chi connectivity index (χ2n) is 4.27. The molecule has 0 bridgehead atoms. The number of halogens is 3. The van der Waals surface area contributed by atoms with Crippen LogP contribution in [-0.2, 0) is 9.84 Å². The minimum absolute atomic E-state index is 0.0176. The molecule has 94 valence electrons. The van der Waals surface area contributed by atoms with Crippen molar-refractivity contribution >= 4 is 49.0 Å². The number of sulfone groups is 1. The summed E-state index contributed by atoms with van der Waals surface area (Å²) in [7, 11) is -2.86. The average molecular weight is 358 g/mol. The van der Waals surface area contributed by atoms with Crippen molar-refractivity contribution in [1.29, 1.82) is 0 Å². The Balaban J connectivity index is 2.23. The van der Waals surface area contributed by atoms with Gasteiger partial charge >= 0.3 is 0 Å². The van der Waals surface area contributed by atoms with Gasteiger partial charge in [-0.3, -0.25) is 0 Å². The second kappa shape index (κ2) is 5.08. The minimum atomic E-state index is -2.86. The van der Waals surface area contributed by atoms with E-state index < -0.39 is 9.84 Å². The molecule has 1 fully saturated rings. The predicted molar refractivity (Wildman–Crippen MR) is 74.9 cm³/mol. The molecule has 2 nitrogen and oxygen atoms in total. The van der Waals surface area contributed by atoms with E-state index in [4.69, 9.17) is 23.2 Å². The Hall–Kier alpha value is 0.230. The maximum Gasteiger partial charge on any atom is 0.150 e. The summed E-state index contributed by atoms with van der Waals surface area (Å²) in [6.45, 7) is 0. The zero-order valence-corrected chi connectivity index (χ0v) is 12.8. The Morgan fingerprint density at radius 1 is 1.24 bits per heavy atom. The van der Waals surface area contributed by atoms with Gasteiger partial charge in [0.15, 0.2) is 9.84 Å². The van der Waals surface area contributed by atoms with Gasteiger partial charge in [-0.2, -0.15) is 0 Å². The molecule has 1 heterocycles. The van der Waals surface area contributed by atoms with E-state index in [1.807, 2.05) is 12.1 Å². The van der Waals surface area contributed by atoms with Gasteiger partial charge in [-0.05, 0) is 36.1 Å². The summed E-state index contributed by atoms with van der Waals surface area (Å²) in [5.74, 6) is 0.593. The first-order valence-corrected chi connectivity index (χ1v) is 8.67. The Kier molecular flexibility index (Phi) is 4.08. The first-order valence-electron chi connectivity index (χ1n) is 5.18. The Bertz CT molecular complexity index is 510. The molecule has 6 heteroatoms. The van der Waals surface area contributed by atoms with Gasteiger partial charge in [0.2, 0.25) is 0 Å². The minimum Gasteiger partial charge on any atom is -0.229 e. The molecule has 0 aliphatic carbocycles. The van der Waals surface area contributed by atoms with Gasteiger partial charge < -0.3 is 0 Å². The lowest BCUT2D eigenvalue weighted by Gasteiger charge is -2.16. The number of hydrogen-bond donors (Lipinski definition) is 0. The van der Waals surface area contributed by atoms with Crippen LogP contribution >= 0.6 is 39.1 Å². The van der Waals surface area contributed by atoms with Crippen LogP contribution in [0.15, 0.2) is 18.2 Å². The average Bonchev–Trinajstić information content (AvgIpc) is 2.56. The third-order valence-corrected chi connectivity index (χ3v) is 6.39. The fourth-order valence-corrected chi connectivity index (χ4v) is 5.41. The fourth-order valence-electron chi connectivity index (χ4n) is 2.06. The van der Waals surface area contributed by atoms with Crippen LogP contribution in [0.25, 0.3) is 0 Å². The summed E-state index contributed by atoms with van der Waals surface area (Å²) in [4.78, 5) is -0.0176. The highest BCUT2D eigenvalue weighted by atomic mass is 79.9. The molecule has 0 spiro atoms. The van der Waals surface area contributed by atoms with Crippen molar-refractivity contribution in [3.8, 4) is 0 Å². The van der Waals surface area contributed by atoms with Crippen molar-refractivity contribution in [3.63, 3.8) is 0 Å². The summed E-state index contributed by atoms with van der Waals surface area (Å²) in [5.41, 5.74) is 0.935. The Morgan fingerprint density at radius 2 is 1.82 bits per heavy atom. The van der Waals surface area contributed by atoms with Crippen molar-refractivity contribution in [2.24, 2.45) is 5.92 Å². The number of rotatable bonds is 2. The van der Waals surface area contributed by atoms with Gasteiger partial charge in [0, 0.05) is 14.9 Å². The lowest BCUT2D eigenvalue weighted by Crippen LogP contribution is -2.10. The van der Waals surface area contributed by atoms with Crippen LogP contribution in [-0.4, -0.2) is 19.9 Å². The first kappa shape index (κ1) is 13.7. The maximum atomic E-state index is 11.4. The normalized spacial score (nSPS) is 24.8. The van der Waals surface area contributed by atoms with Crippen LogP contribution < -0.4 is 0 Å². The van der Waals surface area contributed by atoms with Crippen molar-refractivity contribution in [1.82, 2.24) is 0 Å². The lowest BCUT2D eigenvalue weighted by atomic mass is 9.99. The highest BCUT2D eigenvalue weighted by Crippen LogP contribution is 2.39. The van der Waals surface area contributed by atoms with E-state index in [1.165, 1.54) is 0 Å². The van der Waals surface area contributed by atoms with E-state index in [2.05, 4.69) is 15.9 Å². The van der Waals surface area contributed by atoms with Gasteiger partial charge in [0.25, 0.3) is 0 Å². The topological polar surface area (TPSA) is 34.1 Å². The predicted octanol–water partition coefficient (Wildman–Crippen LogP) is 3.86. The standard InChI is InChI=1S/C11H11BrCl2O2S/c12-11(7-1-2-17(15,16)6-7)8-3-9(13)5-10(14)4-8/h3-5,7,11H,1-2,6H2. The summed E-state index contributed by atoms with van der Waals surface area (Å²) in [6.07, 6.45) is 0.683. The van der Waals surface area contributed by atoms with E-state index in [0.29, 0.717) is 16.5 Å². The lowest BCUT2D eigenvalue weighted by molar-refractivity contribution is 0.580. The molecule has 0 N–H and O–H groups in total. The molecule has 0 amide bonds. The molecule has 2 rings (SSSR count). The molecule has 1 aliphatic heterocycles. The summed E-state index contributed by atoms with van der Waals surface area (Å²) >= 11 is 15.4. The van der Waals surface area contributed by atoms with E-state index in [0.717, 1.165) is 5.56 Å². The van der Waals surface area contributed by atoms with Crippen molar-refractivity contribution in [3.05, 3.63) is 33.8 Å². The molecule has 0 aromatic heterocycles. The van der Waals surface area contributed by atoms with Crippen LogP contribution in [0, 0.1) is 5.92 Å². The number of hydrogen-bond acceptors (Lipinski definition) is 2. The molecule has 2 atom stereocenters. The zero-order valence-electron chi connectivity index (χ0n) is 8.87. The smallest absolute Gasteiger partial charge is 0.150 e. The van der Waals surface area contributed by atoms with E-state index in [1.54, 1.807) is 6.07 Å². The van der Waals surface area contributed by atoms with Gasteiger partial charge in [0.05, 0.1) is 11.5 Å². The van der Waals surface area contributed by atoms with Gasteiger partial charge in [-0.25, -0.2) is 8.42 Å². The van der Waals surface area contributed by atoms with E-state index >= 15 is 0 Å². The van der Waals surface area contributed by atoms with Crippen molar-refractivity contribution in [2.45, 2.75) is 11.2 Å². The van der Waals surface area contributed by atoms with Crippen LogP contribution in [0.1, 0.15) is 16.8 Å². The number of alkyl halides is 1. The van der Waals surface area contributed by atoms with E-state index in [-0.39, 0.29) is 22.3 Å². The van der Waals surface area contributed by atoms with Crippen molar-refractivity contribution < 1.29 is 8.42 Å². The van der Waals surface area contributed by atoms with Gasteiger partial charge in [-0.15, -0.1) is 0 Å². The molecular weight excluding hydrogens is 347 g/mol. The molecule has 1 aromatic rings. The Morgan fingerprint density at radius 3 is 2.29 bits per heavy atom. The number of benzene rings is 1. The van der Waals surface area contributed by atoms with Crippen molar-refractivity contribution in [2.75, 3.05) is 11.5 Å². The van der Waals surface area contributed by atoms with Crippen LogP contribution in [0.5, 0.6) is 0 Å². The maximum absolute atomic E-state index is 11.4. The molecule has 17 heavy (non-hydrogen) atoms. The first-order chi connectivity index (χ1) is 7.87. The largest absolute Gasteiger partial charge is 0.229 e. The van der Waals surface area contributed by atoms with Gasteiger partial charge in [0.1, 0.15) is 0 Å². The zero-order chi connectivity index (χ0) is 12.6. The third-order valence-electron chi connectivity index (χ3n) is 2.88. The Labute approximate surface area is 119 Å². The highest BCUT2D eigenvalue weighted by molar-refractivity contribution is 9.09. The quantitative estimate of drug-likeness (QED) is 0.753. The molecule has 0 saturated carbocycles. The van der Waals surface area contributed by atoms with Crippen LogP contribution in [0.3, 0.4) is 0 Å². The molecular formula is C11H11BrCl2O2S. The molecule has 2 unspecified atom stereocenters. The van der Waals surface area contributed by atoms with Crippen LogP contribution in [0.2, 0.25) is 10.0 Å².